The Bertz CT molecular complexity index is 261. The summed E-state index contributed by atoms with van der Waals surface area (Å²) in [5.74, 6) is -2.12. The highest BCUT2D eigenvalue weighted by Crippen LogP contribution is 2.18. The lowest BCUT2D eigenvalue weighted by molar-refractivity contribution is -0.178. The van der Waals surface area contributed by atoms with Gasteiger partial charge in [-0.2, -0.15) is 0 Å². The number of carbonyl (C=O) groups excluding carboxylic acids is 2. The van der Waals surface area contributed by atoms with Crippen LogP contribution in [0.15, 0.2) is 0 Å². The van der Waals surface area contributed by atoms with Crippen LogP contribution in [-0.2, 0) is 9.59 Å². The van der Waals surface area contributed by atoms with Gasteiger partial charge >= 0.3 is 0 Å². The molecule has 0 heterocycles. The molecule has 94 valence electrons. The second-order valence-electron chi connectivity index (χ2n) is 3.56. The smallest absolute Gasteiger partial charge is 0.209 e. The first-order chi connectivity index (χ1) is 7.19. The molecular weight excluding hydrogens is 220 g/mol. The highest BCUT2D eigenvalue weighted by molar-refractivity contribution is 6.09. The molecule has 0 radical (unpaired) electrons. The maximum atomic E-state index is 11.1. The van der Waals surface area contributed by atoms with E-state index in [1.54, 1.807) is 0 Å². The summed E-state index contributed by atoms with van der Waals surface area (Å²) in [7, 11) is 0. The third-order valence-corrected chi connectivity index (χ3v) is 2.41. The van der Waals surface area contributed by atoms with Crippen LogP contribution in [-0.4, -0.2) is 67.6 Å². The summed E-state index contributed by atoms with van der Waals surface area (Å²) >= 11 is 0. The van der Waals surface area contributed by atoms with E-state index in [1.165, 1.54) is 0 Å². The van der Waals surface area contributed by atoms with Gasteiger partial charge in [-0.05, 0) is 13.8 Å². The number of ketones is 2. The first kappa shape index (κ1) is 15.1. The summed E-state index contributed by atoms with van der Waals surface area (Å²) in [5.41, 5.74) is -2.78. The Kier molecular flexibility index (Phi) is 5.17. The van der Waals surface area contributed by atoms with E-state index in [1.807, 2.05) is 0 Å². The van der Waals surface area contributed by atoms with E-state index < -0.39 is 42.1 Å². The molecule has 0 bridgehead atoms. The molecule has 16 heavy (non-hydrogen) atoms. The third kappa shape index (κ3) is 2.63. The van der Waals surface area contributed by atoms with E-state index in [0.717, 1.165) is 13.8 Å². The molecule has 0 unspecified atom stereocenters. The second kappa shape index (κ2) is 5.46. The number of carbonyl (C=O) groups is 2. The van der Waals surface area contributed by atoms with E-state index in [2.05, 4.69) is 0 Å². The van der Waals surface area contributed by atoms with Crippen LogP contribution in [0.5, 0.6) is 0 Å². The van der Waals surface area contributed by atoms with Crippen molar-refractivity contribution in [2.45, 2.75) is 37.8 Å². The van der Waals surface area contributed by atoms with Crippen LogP contribution in [0.25, 0.3) is 0 Å². The normalized spacial score (nSPS) is 17.7. The molecule has 0 aliphatic carbocycles. The number of rotatable bonds is 6. The van der Waals surface area contributed by atoms with Crippen molar-refractivity contribution in [3.05, 3.63) is 0 Å². The predicted molar refractivity (Wildman–Crippen MR) is 51.4 cm³/mol. The Balaban J connectivity index is 5.11. The minimum atomic E-state index is -2.78. The quantitative estimate of drug-likeness (QED) is 0.309. The fraction of sp³-hybridized carbons (Fsp3) is 0.778. The zero-order chi connectivity index (χ0) is 13.1. The van der Waals surface area contributed by atoms with Crippen LogP contribution in [0.4, 0.5) is 0 Å². The van der Waals surface area contributed by atoms with Crippen molar-refractivity contribution in [2.24, 2.45) is 0 Å². The zero-order valence-electron chi connectivity index (χ0n) is 8.99. The molecule has 0 aliphatic heterocycles. The number of Topliss-reactive ketones (excluding diaryl/α,β-unsaturated/α-hetero) is 2. The number of hydrogen-bond donors (Lipinski definition) is 5. The predicted octanol–water partition coefficient (Wildman–Crippen LogP) is -3.03. The van der Waals surface area contributed by atoms with Crippen molar-refractivity contribution in [1.82, 2.24) is 0 Å². The van der Waals surface area contributed by atoms with Gasteiger partial charge in [-0.1, -0.05) is 0 Å². The zero-order valence-corrected chi connectivity index (χ0v) is 8.99. The Morgan fingerprint density at radius 3 is 1.75 bits per heavy atom. The van der Waals surface area contributed by atoms with Crippen molar-refractivity contribution in [3.63, 3.8) is 0 Å². The SMILES string of the molecule is CC(=O)C(O)(C(C)=O)[C@@H](O)[C@H](O)[C@H](O)CO. The van der Waals surface area contributed by atoms with E-state index >= 15 is 0 Å². The standard InChI is InChI=1S/C9H16O7/c1-4(11)9(16,5(2)12)8(15)7(14)6(13)3-10/h6-8,10,13-16H,3H2,1-2H3/t6-,7-,8+/m1/s1. The number of aliphatic hydroxyl groups is 5. The number of aliphatic hydroxyl groups excluding tert-OH is 4. The summed E-state index contributed by atoms with van der Waals surface area (Å²) in [5, 5.41) is 46.0. The highest BCUT2D eigenvalue weighted by Gasteiger charge is 2.49. The molecule has 0 spiro atoms. The molecule has 0 amide bonds. The minimum absolute atomic E-state index is 0.864. The summed E-state index contributed by atoms with van der Waals surface area (Å²) in [6, 6.07) is 0. The fourth-order valence-electron chi connectivity index (χ4n) is 1.23. The molecular formula is C9H16O7. The molecule has 0 saturated heterocycles. The van der Waals surface area contributed by atoms with Gasteiger partial charge in [0, 0.05) is 0 Å². The minimum Gasteiger partial charge on any atom is -0.394 e. The molecule has 3 atom stereocenters. The van der Waals surface area contributed by atoms with Crippen molar-refractivity contribution >= 4 is 11.6 Å². The lowest BCUT2D eigenvalue weighted by Gasteiger charge is -2.32. The van der Waals surface area contributed by atoms with Gasteiger partial charge in [0.05, 0.1) is 6.61 Å². The Morgan fingerprint density at radius 2 is 1.50 bits per heavy atom. The van der Waals surface area contributed by atoms with Gasteiger partial charge in [0.2, 0.25) is 5.60 Å². The van der Waals surface area contributed by atoms with E-state index in [0.29, 0.717) is 0 Å². The van der Waals surface area contributed by atoms with Gasteiger partial charge in [-0.15, -0.1) is 0 Å². The molecule has 0 fully saturated rings. The Morgan fingerprint density at radius 1 is 1.12 bits per heavy atom. The van der Waals surface area contributed by atoms with Crippen LogP contribution < -0.4 is 0 Å². The first-order valence-electron chi connectivity index (χ1n) is 4.59. The lowest BCUT2D eigenvalue weighted by atomic mass is 9.84. The van der Waals surface area contributed by atoms with Crippen LogP contribution in [0, 0.1) is 0 Å². The average molecular weight is 236 g/mol. The maximum absolute atomic E-state index is 11.1. The van der Waals surface area contributed by atoms with Gasteiger partial charge < -0.3 is 25.5 Å². The summed E-state index contributed by atoms with van der Waals surface area (Å²) < 4.78 is 0. The first-order valence-corrected chi connectivity index (χ1v) is 4.59. The van der Waals surface area contributed by atoms with Gasteiger partial charge in [0.15, 0.2) is 11.6 Å². The molecule has 0 aromatic carbocycles. The molecule has 7 heteroatoms. The Hall–Kier alpha value is -0.860. The van der Waals surface area contributed by atoms with E-state index in [-0.39, 0.29) is 0 Å². The van der Waals surface area contributed by atoms with Crippen LogP contribution in [0.3, 0.4) is 0 Å². The van der Waals surface area contributed by atoms with Crippen molar-refractivity contribution in [3.8, 4) is 0 Å². The summed E-state index contributed by atoms with van der Waals surface area (Å²) in [4.78, 5) is 22.2. The highest BCUT2D eigenvalue weighted by atomic mass is 16.4. The largest absolute Gasteiger partial charge is 0.394 e. The summed E-state index contributed by atoms with van der Waals surface area (Å²) in [6.07, 6.45) is -5.98. The van der Waals surface area contributed by atoms with Gasteiger partial charge in [-0.3, -0.25) is 9.59 Å². The molecule has 5 N–H and O–H groups in total. The van der Waals surface area contributed by atoms with E-state index in [4.69, 9.17) is 10.2 Å². The molecule has 7 nitrogen and oxygen atoms in total. The van der Waals surface area contributed by atoms with Gasteiger partial charge in [0.1, 0.15) is 18.3 Å². The Labute approximate surface area is 92.0 Å². The molecule has 0 aromatic heterocycles. The summed E-state index contributed by atoms with van der Waals surface area (Å²) in [6.45, 7) is 0.843. The second-order valence-corrected chi connectivity index (χ2v) is 3.56. The van der Waals surface area contributed by atoms with E-state index in [9.17, 15) is 24.9 Å². The molecule has 0 aliphatic rings. The number of hydrogen-bond acceptors (Lipinski definition) is 7. The topological polar surface area (TPSA) is 135 Å². The van der Waals surface area contributed by atoms with Crippen molar-refractivity contribution in [1.29, 1.82) is 0 Å². The van der Waals surface area contributed by atoms with Crippen LogP contribution >= 0.6 is 0 Å². The third-order valence-electron chi connectivity index (χ3n) is 2.41. The monoisotopic (exact) mass is 236 g/mol. The maximum Gasteiger partial charge on any atom is 0.209 e. The lowest BCUT2D eigenvalue weighted by Crippen LogP contribution is -2.61. The fourth-order valence-corrected chi connectivity index (χ4v) is 1.23. The average Bonchev–Trinajstić information content (AvgIpc) is 2.23. The van der Waals surface area contributed by atoms with Crippen molar-refractivity contribution < 1.29 is 35.1 Å². The molecule has 0 aromatic rings. The van der Waals surface area contributed by atoms with Crippen LogP contribution in [0.2, 0.25) is 0 Å². The van der Waals surface area contributed by atoms with Gasteiger partial charge in [-0.25, -0.2) is 0 Å². The van der Waals surface area contributed by atoms with Gasteiger partial charge in [0.25, 0.3) is 0 Å². The molecule has 0 saturated carbocycles. The van der Waals surface area contributed by atoms with Crippen LogP contribution in [0.1, 0.15) is 13.8 Å². The molecule has 0 rings (SSSR count). The van der Waals surface area contributed by atoms with Crippen molar-refractivity contribution in [2.75, 3.05) is 6.61 Å².